The maximum Gasteiger partial charge on any atom is 0.251 e. The lowest BCUT2D eigenvalue weighted by Crippen LogP contribution is -2.28. The summed E-state index contributed by atoms with van der Waals surface area (Å²) in [4.78, 5) is 17.5. The SMILES string of the molecule is COc1ccc(COc2cc(-c3csc4c(F)cccc34)nc(C(O)CNC(=O)c3ccc(OC)c(OC)c3)c2)cc1. The lowest BCUT2D eigenvalue weighted by Gasteiger charge is -2.16. The molecule has 2 N–H and O–H groups in total. The molecule has 2 heterocycles. The zero-order chi connectivity index (χ0) is 29.6. The normalized spacial score (nSPS) is 11.6. The third kappa shape index (κ3) is 6.29. The van der Waals surface area contributed by atoms with Crippen molar-refractivity contribution in [3.8, 4) is 34.3 Å². The third-order valence-electron chi connectivity index (χ3n) is 6.65. The molecule has 0 aliphatic carbocycles. The van der Waals surface area contributed by atoms with Crippen molar-refractivity contribution in [1.29, 1.82) is 0 Å². The first kappa shape index (κ1) is 28.8. The van der Waals surface area contributed by atoms with E-state index in [2.05, 4.69) is 10.3 Å². The molecule has 0 bridgehead atoms. The monoisotopic (exact) mass is 588 g/mol. The fraction of sp³-hybridized carbons (Fsp3) is 0.188. The van der Waals surface area contributed by atoms with Gasteiger partial charge in [-0.25, -0.2) is 9.37 Å². The number of carbonyl (C=O) groups is 1. The summed E-state index contributed by atoms with van der Waals surface area (Å²) in [5, 5.41) is 16.4. The number of hydrogen-bond donors (Lipinski definition) is 2. The Morgan fingerprint density at radius 2 is 1.74 bits per heavy atom. The molecule has 2 aromatic heterocycles. The second-order valence-corrected chi connectivity index (χ2v) is 10.2. The molecule has 3 aromatic carbocycles. The van der Waals surface area contributed by atoms with Crippen LogP contribution >= 0.6 is 11.3 Å². The van der Waals surface area contributed by atoms with Gasteiger partial charge in [-0.3, -0.25) is 4.79 Å². The molecule has 0 aliphatic heterocycles. The second kappa shape index (κ2) is 12.9. The highest BCUT2D eigenvalue weighted by Gasteiger charge is 2.18. The van der Waals surface area contributed by atoms with Crippen LogP contribution in [0.4, 0.5) is 4.39 Å². The van der Waals surface area contributed by atoms with E-state index >= 15 is 0 Å². The van der Waals surface area contributed by atoms with Crippen molar-refractivity contribution in [3.63, 3.8) is 0 Å². The van der Waals surface area contributed by atoms with Crippen LogP contribution < -0.4 is 24.3 Å². The smallest absolute Gasteiger partial charge is 0.251 e. The Bertz CT molecular complexity index is 1710. The number of benzene rings is 3. The van der Waals surface area contributed by atoms with E-state index in [0.29, 0.717) is 49.8 Å². The van der Waals surface area contributed by atoms with Gasteiger partial charge in [0.1, 0.15) is 30.0 Å². The first-order chi connectivity index (χ1) is 20.4. The average Bonchev–Trinajstić information content (AvgIpc) is 3.48. The molecule has 5 rings (SSSR count). The molecule has 0 saturated carbocycles. The van der Waals surface area contributed by atoms with Crippen molar-refractivity contribution >= 4 is 27.3 Å². The Balaban J connectivity index is 1.40. The van der Waals surface area contributed by atoms with E-state index < -0.39 is 12.0 Å². The van der Waals surface area contributed by atoms with Crippen LogP contribution in [0.25, 0.3) is 21.3 Å². The Kier molecular flexibility index (Phi) is 8.85. The Hall–Kier alpha value is -4.67. The summed E-state index contributed by atoms with van der Waals surface area (Å²) in [6.45, 7) is 0.151. The molecule has 1 unspecified atom stereocenters. The van der Waals surface area contributed by atoms with Gasteiger partial charge in [0.05, 0.1) is 37.4 Å². The summed E-state index contributed by atoms with van der Waals surface area (Å²) in [5.74, 6) is 1.40. The highest BCUT2D eigenvalue weighted by Crippen LogP contribution is 2.36. The number of fused-ring (bicyclic) bond motifs is 1. The number of ether oxygens (including phenoxy) is 4. The largest absolute Gasteiger partial charge is 0.497 e. The third-order valence-corrected chi connectivity index (χ3v) is 7.66. The van der Waals surface area contributed by atoms with E-state index in [-0.39, 0.29) is 19.0 Å². The summed E-state index contributed by atoms with van der Waals surface area (Å²) in [6.07, 6.45) is -1.15. The van der Waals surface area contributed by atoms with Gasteiger partial charge >= 0.3 is 0 Å². The topological polar surface area (TPSA) is 99.1 Å². The average molecular weight is 589 g/mol. The molecule has 216 valence electrons. The zero-order valence-electron chi connectivity index (χ0n) is 23.2. The number of nitrogens with one attached hydrogen (secondary N) is 1. The molecule has 0 spiro atoms. The van der Waals surface area contributed by atoms with Crippen LogP contribution in [-0.4, -0.2) is 43.9 Å². The molecule has 0 aliphatic rings. The number of aliphatic hydroxyl groups is 1. The maximum absolute atomic E-state index is 14.4. The van der Waals surface area contributed by atoms with Crippen LogP contribution in [0.15, 0.2) is 78.2 Å². The van der Waals surface area contributed by atoms with Gasteiger partial charge in [0.2, 0.25) is 0 Å². The van der Waals surface area contributed by atoms with Crippen molar-refractivity contribution in [1.82, 2.24) is 10.3 Å². The molecular weight excluding hydrogens is 559 g/mol. The molecule has 8 nitrogen and oxygen atoms in total. The van der Waals surface area contributed by atoms with Crippen LogP contribution in [0.2, 0.25) is 0 Å². The van der Waals surface area contributed by atoms with Crippen LogP contribution in [0.1, 0.15) is 27.7 Å². The summed E-state index contributed by atoms with van der Waals surface area (Å²) >= 11 is 1.28. The van der Waals surface area contributed by atoms with Gasteiger partial charge in [0.25, 0.3) is 5.91 Å². The van der Waals surface area contributed by atoms with Crippen LogP contribution in [0, 0.1) is 5.82 Å². The first-order valence-electron chi connectivity index (χ1n) is 13.0. The predicted octanol–water partition coefficient (Wildman–Crippen LogP) is 6.17. The van der Waals surface area contributed by atoms with Gasteiger partial charge in [-0.15, -0.1) is 11.3 Å². The highest BCUT2D eigenvalue weighted by molar-refractivity contribution is 7.17. The Morgan fingerprint density at radius 3 is 2.48 bits per heavy atom. The quantitative estimate of drug-likeness (QED) is 0.190. The molecule has 1 atom stereocenters. The Labute approximate surface area is 246 Å². The van der Waals surface area contributed by atoms with Crippen molar-refractivity contribution in [2.24, 2.45) is 0 Å². The van der Waals surface area contributed by atoms with Gasteiger partial charge in [0.15, 0.2) is 11.5 Å². The zero-order valence-corrected chi connectivity index (χ0v) is 24.0. The fourth-order valence-electron chi connectivity index (χ4n) is 4.40. The Morgan fingerprint density at radius 1 is 0.952 bits per heavy atom. The maximum atomic E-state index is 14.4. The number of methoxy groups -OCH3 is 3. The first-order valence-corrected chi connectivity index (χ1v) is 13.9. The van der Waals surface area contributed by atoms with Crippen molar-refractivity contribution in [2.45, 2.75) is 12.7 Å². The van der Waals surface area contributed by atoms with Crippen molar-refractivity contribution < 1.29 is 33.2 Å². The van der Waals surface area contributed by atoms with Crippen LogP contribution in [-0.2, 0) is 6.61 Å². The highest BCUT2D eigenvalue weighted by atomic mass is 32.1. The van der Waals surface area contributed by atoms with Crippen molar-refractivity contribution in [2.75, 3.05) is 27.9 Å². The number of carbonyl (C=O) groups excluding carboxylic acids is 1. The number of nitrogens with zero attached hydrogens (tertiary/aromatic N) is 1. The van der Waals surface area contributed by atoms with Crippen LogP contribution in [0.3, 0.4) is 0 Å². The number of rotatable bonds is 11. The number of thiophene rings is 1. The fourth-order valence-corrected chi connectivity index (χ4v) is 5.37. The summed E-state index contributed by atoms with van der Waals surface area (Å²) in [6, 6.07) is 20.6. The lowest BCUT2D eigenvalue weighted by molar-refractivity contribution is 0.0913. The minimum atomic E-state index is -1.15. The van der Waals surface area contributed by atoms with E-state index in [0.717, 1.165) is 11.3 Å². The van der Waals surface area contributed by atoms with E-state index in [1.54, 1.807) is 43.5 Å². The molecule has 10 heteroatoms. The second-order valence-electron chi connectivity index (χ2n) is 9.31. The number of aromatic nitrogens is 1. The van der Waals surface area contributed by atoms with Crippen molar-refractivity contribution in [3.05, 3.63) is 101 Å². The van der Waals surface area contributed by atoms with Gasteiger partial charge in [-0.05, 0) is 42.0 Å². The molecular formula is C32H29FN2O6S. The molecule has 5 aromatic rings. The molecule has 0 saturated heterocycles. The van der Waals surface area contributed by atoms with Crippen LogP contribution in [0.5, 0.6) is 23.0 Å². The van der Waals surface area contributed by atoms with Gasteiger partial charge < -0.3 is 29.4 Å². The number of pyridine rings is 1. The number of aliphatic hydroxyl groups excluding tert-OH is 1. The van der Waals surface area contributed by atoms with Gasteiger partial charge in [-0.2, -0.15) is 0 Å². The molecule has 0 radical (unpaired) electrons. The minimum Gasteiger partial charge on any atom is -0.497 e. The summed E-state index contributed by atoms with van der Waals surface area (Å²) < 4.78 is 36.8. The van der Waals surface area contributed by atoms with Gasteiger partial charge in [-0.1, -0.05) is 24.3 Å². The summed E-state index contributed by atoms with van der Waals surface area (Å²) in [7, 11) is 4.61. The molecule has 42 heavy (non-hydrogen) atoms. The van der Waals surface area contributed by atoms with Gasteiger partial charge in [0, 0.05) is 40.6 Å². The minimum absolute atomic E-state index is 0.111. The van der Waals surface area contributed by atoms with E-state index in [4.69, 9.17) is 18.9 Å². The van der Waals surface area contributed by atoms with E-state index in [1.165, 1.54) is 31.6 Å². The number of hydrogen-bond acceptors (Lipinski definition) is 8. The van der Waals surface area contributed by atoms with E-state index in [1.807, 2.05) is 35.7 Å². The number of halogens is 1. The van der Waals surface area contributed by atoms with E-state index in [9.17, 15) is 14.3 Å². The molecule has 1 amide bonds. The number of amides is 1. The lowest BCUT2D eigenvalue weighted by atomic mass is 10.1. The summed E-state index contributed by atoms with van der Waals surface area (Å²) in [5.41, 5.74) is 2.78. The molecule has 0 fully saturated rings. The predicted molar refractivity (Wildman–Crippen MR) is 159 cm³/mol. The standard InChI is InChI=1S/C32H29FN2O6S/c1-38-21-10-7-19(8-11-21)17-41-22-14-26(24-18-42-31-23(24)5-4-6-25(31)33)35-27(15-22)28(36)16-34-32(37)20-9-12-29(39-2)30(13-20)40-3/h4-15,18,28,36H,16-17H2,1-3H3,(H,34,37).